The van der Waals surface area contributed by atoms with Crippen molar-refractivity contribution in [2.45, 2.75) is 12.1 Å². The number of methoxy groups -OCH3 is 1. The quantitative estimate of drug-likeness (QED) is 0.296. The van der Waals surface area contributed by atoms with Crippen LogP contribution in [0.15, 0.2) is 42.5 Å². The predicted octanol–water partition coefficient (Wildman–Crippen LogP) is 1.05. The van der Waals surface area contributed by atoms with Gasteiger partial charge in [-0.1, -0.05) is 30.0 Å². The van der Waals surface area contributed by atoms with Crippen molar-refractivity contribution in [3.8, 4) is 23.3 Å². The lowest BCUT2D eigenvalue weighted by molar-refractivity contribution is -0.125. The van der Waals surface area contributed by atoms with Crippen molar-refractivity contribution < 1.29 is 29.0 Å². The fraction of sp³-hybridized carbons (Fsp3) is 0.292. The van der Waals surface area contributed by atoms with Crippen LogP contribution in [-0.2, 0) is 16.9 Å². The average Bonchev–Trinajstić information content (AvgIpc) is 3.10. The number of ether oxygens (including phenoxy) is 2. The zero-order valence-corrected chi connectivity index (χ0v) is 18.4. The number of aldehydes is 1. The molecule has 0 aromatic heterocycles. The molecule has 9 nitrogen and oxygen atoms in total. The molecule has 3 amide bonds. The van der Waals surface area contributed by atoms with E-state index in [1.54, 1.807) is 49.5 Å². The molecule has 2 aromatic carbocycles. The van der Waals surface area contributed by atoms with E-state index < -0.39 is 17.5 Å². The molecule has 3 rings (SSSR count). The van der Waals surface area contributed by atoms with Crippen molar-refractivity contribution in [3.05, 3.63) is 59.2 Å². The van der Waals surface area contributed by atoms with Gasteiger partial charge in [0, 0.05) is 18.7 Å². The third kappa shape index (κ3) is 5.49. The Bertz CT molecular complexity index is 1090. The van der Waals surface area contributed by atoms with Crippen molar-refractivity contribution in [3.63, 3.8) is 0 Å². The molecule has 1 aliphatic heterocycles. The Labute approximate surface area is 191 Å². The number of aliphatic hydroxyl groups is 1. The first-order chi connectivity index (χ1) is 15.9. The lowest BCUT2D eigenvalue weighted by Crippen LogP contribution is -2.51. The molecule has 1 saturated heterocycles. The molecule has 0 aliphatic carbocycles. The molecular formula is C24H25N3O6. The number of rotatable bonds is 9. The molecule has 172 valence electrons. The Kier molecular flexibility index (Phi) is 7.66. The number of amides is 3. The lowest BCUT2D eigenvalue weighted by Gasteiger charge is -2.31. The van der Waals surface area contributed by atoms with Crippen LogP contribution in [0.2, 0.25) is 0 Å². The highest BCUT2D eigenvalue weighted by Crippen LogP contribution is 2.29. The average molecular weight is 451 g/mol. The first kappa shape index (κ1) is 23.8. The van der Waals surface area contributed by atoms with Crippen molar-refractivity contribution in [1.29, 1.82) is 0 Å². The van der Waals surface area contributed by atoms with Gasteiger partial charge in [0.15, 0.2) is 11.8 Å². The summed E-state index contributed by atoms with van der Waals surface area (Å²) in [7, 11) is 3.33. The topological polar surface area (TPSA) is 117 Å². The summed E-state index contributed by atoms with van der Waals surface area (Å²) in [6.07, 6.45) is 0.759. The highest BCUT2D eigenvalue weighted by atomic mass is 16.5. The molecule has 0 spiro atoms. The van der Waals surface area contributed by atoms with Crippen LogP contribution < -0.4 is 20.1 Å². The third-order valence-corrected chi connectivity index (χ3v) is 5.23. The van der Waals surface area contributed by atoms with E-state index in [4.69, 9.17) is 14.6 Å². The zero-order chi connectivity index (χ0) is 23.8. The molecule has 9 heteroatoms. The van der Waals surface area contributed by atoms with E-state index in [9.17, 15) is 14.4 Å². The van der Waals surface area contributed by atoms with Gasteiger partial charge in [-0.15, -0.1) is 0 Å². The van der Waals surface area contributed by atoms with Crippen LogP contribution in [0.4, 0.5) is 4.79 Å². The van der Waals surface area contributed by atoms with E-state index in [0.29, 0.717) is 29.2 Å². The van der Waals surface area contributed by atoms with Crippen molar-refractivity contribution in [2.24, 2.45) is 0 Å². The minimum Gasteiger partial charge on any atom is -0.497 e. The number of urea groups is 1. The molecule has 0 saturated carbocycles. The van der Waals surface area contributed by atoms with Gasteiger partial charge in [-0.05, 0) is 42.4 Å². The van der Waals surface area contributed by atoms with E-state index in [0.717, 1.165) is 11.8 Å². The van der Waals surface area contributed by atoms with Gasteiger partial charge in [0.1, 0.15) is 24.7 Å². The molecule has 3 N–H and O–H groups in total. The van der Waals surface area contributed by atoms with Gasteiger partial charge in [-0.25, -0.2) is 4.79 Å². The number of nitrogens with one attached hydrogen (secondary N) is 2. The molecule has 1 aliphatic rings. The summed E-state index contributed by atoms with van der Waals surface area (Å²) >= 11 is 0. The lowest BCUT2D eigenvalue weighted by atomic mass is 9.89. The first-order valence-electron chi connectivity index (χ1n) is 10.2. The Balaban J connectivity index is 1.81. The number of aliphatic hydroxyl groups excluding tert-OH is 1. The molecular weight excluding hydrogens is 426 g/mol. The number of hydrogen-bond acceptors (Lipinski definition) is 7. The summed E-state index contributed by atoms with van der Waals surface area (Å²) in [6.45, 7) is 0.411. The van der Waals surface area contributed by atoms with Crippen LogP contribution in [0, 0.1) is 11.8 Å². The minimum absolute atomic E-state index is 0.117. The maximum atomic E-state index is 12.9. The maximum Gasteiger partial charge on any atom is 0.322 e. The van der Waals surface area contributed by atoms with Gasteiger partial charge in [-0.2, -0.15) is 0 Å². The van der Waals surface area contributed by atoms with E-state index >= 15 is 0 Å². The molecule has 1 fully saturated rings. The summed E-state index contributed by atoms with van der Waals surface area (Å²) in [6, 6.07) is 11.4. The van der Waals surface area contributed by atoms with Crippen LogP contribution in [0.1, 0.15) is 21.5 Å². The van der Waals surface area contributed by atoms with Crippen molar-refractivity contribution >= 4 is 18.2 Å². The SMILES string of the molecule is COc1ccc(CN(C)C[C@@]2(c3ccc(OCC#CCO)cc3)NC(=O)NC2=O)c(C=O)c1. The summed E-state index contributed by atoms with van der Waals surface area (Å²) in [4.78, 5) is 38.3. The number of imide groups is 1. The minimum atomic E-state index is -1.31. The Hall–Kier alpha value is -3.87. The summed E-state index contributed by atoms with van der Waals surface area (Å²) < 4.78 is 10.7. The highest BCUT2D eigenvalue weighted by molar-refractivity contribution is 6.07. The van der Waals surface area contributed by atoms with Crippen LogP contribution in [-0.4, -0.2) is 62.1 Å². The normalized spacial score (nSPS) is 17.1. The van der Waals surface area contributed by atoms with E-state index in [-0.39, 0.29) is 19.8 Å². The van der Waals surface area contributed by atoms with Gasteiger partial charge in [-0.3, -0.25) is 19.8 Å². The van der Waals surface area contributed by atoms with E-state index in [2.05, 4.69) is 22.5 Å². The molecule has 0 unspecified atom stereocenters. The second-order valence-electron chi connectivity index (χ2n) is 7.49. The van der Waals surface area contributed by atoms with Crippen LogP contribution in [0.3, 0.4) is 0 Å². The summed E-state index contributed by atoms with van der Waals surface area (Å²) in [5.74, 6) is 5.80. The number of carbonyl (C=O) groups is 3. The van der Waals surface area contributed by atoms with Gasteiger partial charge >= 0.3 is 6.03 Å². The highest BCUT2D eigenvalue weighted by Gasteiger charge is 2.48. The fourth-order valence-electron chi connectivity index (χ4n) is 3.66. The van der Waals surface area contributed by atoms with Crippen molar-refractivity contribution in [2.75, 3.05) is 33.9 Å². The number of hydrogen-bond donors (Lipinski definition) is 3. The van der Waals surface area contributed by atoms with Gasteiger partial charge < -0.3 is 19.9 Å². The zero-order valence-electron chi connectivity index (χ0n) is 18.4. The predicted molar refractivity (Wildman–Crippen MR) is 120 cm³/mol. The number of benzene rings is 2. The maximum absolute atomic E-state index is 12.9. The Morgan fingerprint density at radius 2 is 1.85 bits per heavy atom. The number of nitrogens with zero attached hydrogens (tertiary/aromatic N) is 1. The smallest absolute Gasteiger partial charge is 0.322 e. The van der Waals surface area contributed by atoms with Crippen LogP contribution in [0.5, 0.6) is 11.5 Å². The second-order valence-corrected chi connectivity index (χ2v) is 7.49. The first-order valence-corrected chi connectivity index (χ1v) is 10.2. The molecule has 0 bridgehead atoms. The summed E-state index contributed by atoms with van der Waals surface area (Å²) in [5, 5.41) is 13.8. The Morgan fingerprint density at radius 1 is 1.12 bits per heavy atom. The van der Waals surface area contributed by atoms with Crippen LogP contribution >= 0.6 is 0 Å². The largest absolute Gasteiger partial charge is 0.497 e. The molecule has 33 heavy (non-hydrogen) atoms. The van der Waals surface area contributed by atoms with Crippen LogP contribution in [0.25, 0.3) is 0 Å². The standard InChI is InChI=1S/C24H25N3O6/c1-27(14-17-5-8-21(32-2)13-18(17)15-29)16-24(22(30)25-23(31)26-24)19-6-9-20(10-7-19)33-12-4-3-11-28/h5-10,13,15,28H,11-12,14,16H2,1-2H3,(H2,25,26,30,31)/t24-/m0/s1. The molecule has 1 heterocycles. The number of likely N-dealkylation sites (N-methyl/N-ethyl adjacent to an activating group) is 1. The Morgan fingerprint density at radius 3 is 2.45 bits per heavy atom. The van der Waals surface area contributed by atoms with Gasteiger partial charge in [0.2, 0.25) is 0 Å². The number of carbonyl (C=O) groups excluding carboxylic acids is 3. The molecule has 1 atom stereocenters. The molecule has 2 aromatic rings. The monoisotopic (exact) mass is 451 g/mol. The molecule has 0 radical (unpaired) electrons. The van der Waals surface area contributed by atoms with Gasteiger partial charge in [0.05, 0.1) is 7.11 Å². The van der Waals surface area contributed by atoms with Crippen molar-refractivity contribution in [1.82, 2.24) is 15.5 Å². The fourth-order valence-corrected chi connectivity index (χ4v) is 3.66. The van der Waals surface area contributed by atoms with E-state index in [1.165, 1.54) is 7.11 Å². The third-order valence-electron chi connectivity index (χ3n) is 5.23. The van der Waals surface area contributed by atoms with E-state index in [1.807, 2.05) is 4.90 Å². The second kappa shape index (κ2) is 10.6. The van der Waals surface area contributed by atoms with Gasteiger partial charge in [0.25, 0.3) is 5.91 Å². The summed E-state index contributed by atoms with van der Waals surface area (Å²) in [5.41, 5.74) is 0.521.